The summed E-state index contributed by atoms with van der Waals surface area (Å²) < 4.78 is 21.5. The summed E-state index contributed by atoms with van der Waals surface area (Å²) in [6, 6.07) is 16.7. The van der Waals surface area contributed by atoms with Crippen LogP contribution in [0.25, 0.3) is 0 Å². The molecule has 4 nitrogen and oxygen atoms in total. The zero-order valence-electron chi connectivity index (χ0n) is 15.5. The molecule has 2 rings (SSSR count). The smallest absolute Gasteiger partial charge is 0.395 e. The van der Waals surface area contributed by atoms with E-state index in [0.717, 1.165) is 6.42 Å². The number of phosphoric acid groups is 1. The van der Waals surface area contributed by atoms with Crippen molar-refractivity contribution in [3.63, 3.8) is 0 Å². The van der Waals surface area contributed by atoms with Crippen molar-refractivity contribution in [3.05, 3.63) is 67.6 Å². The first kappa shape index (κ1) is 24.9. The van der Waals surface area contributed by atoms with Crippen LogP contribution in [0.2, 0.25) is 0 Å². The molecule has 0 spiro atoms. The van der Waals surface area contributed by atoms with Crippen molar-refractivity contribution in [2.24, 2.45) is 0 Å². The molecule has 0 unspecified atom stereocenters. The molecule has 0 aliphatic rings. The number of para-hydroxylation sites is 2. The fourth-order valence-electron chi connectivity index (χ4n) is 2.03. The van der Waals surface area contributed by atoms with Crippen LogP contribution in [0.1, 0.15) is 45.4 Å². The van der Waals surface area contributed by atoms with E-state index < -0.39 is 7.82 Å². The van der Waals surface area contributed by atoms with Crippen LogP contribution in [0, 0.1) is 6.92 Å². The van der Waals surface area contributed by atoms with Crippen LogP contribution in [0.15, 0.2) is 60.7 Å². The van der Waals surface area contributed by atoms with Crippen molar-refractivity contribution in [1.29, 1.82) is 0 Å². The molecule has 0 aliphatic carbocycles. The Hall–Kier alpha value is -1.15. The Balaban J connectivity index is 0.000000597. The van der Waals surface area contributed by atoms with Crippen LogP contribution in [0.3, 0.4) is 0 Å². The zero-order valence-corrected chi connectivity index (χ0v) is 19.4. The van der Waals surface area contributed by atoms with E-state index in [4.69, 9.17) is 9.05 Å². The number of rotatable bonds is 9. The van der Waals surface area contributed by atoms with Gasteiger partial charge in [0.15, 0.2) is 0 Å². The fourth-order valence-corrected chi connectivity index (χ4v) is 2.84. The third kappa shape index (κ3) is 12.2. The first-order valence-electron chi connectivity index (χ1n) is 8.68. The van der Waals surface area contributed by atoms with Gasteiger partial charge in [0.1, 0.15) is 11.5 Å². The number of phosphoric ester groups is 1. The third-order valence-corrected chi connectivity index (χ3v) is 4.16. The molecule has 0 saturated heterocycles. The van der Waals surface area contributed by atoms with E-state index in [0.29, 0.717) is 0 Å². The molecule has 0 aromatic heterocycles. The van der Waals surface area contributed by atoms with Crippen molar-refractivity contribution < 1.29 is 38.0 Å². The molecule has 26 heavy (non-hydrogen) atoms. The topological polar surface area (TPSA) is 55.8 Å². The van der Waals surface area contributed by atoms with Gasteiger partial charge in [0.05, 0.1) is 0 Å². The van der Waals surface area contributed by atoms with Crippen LogP contribution >= 0.6 is 7.82 Å². The molecule has 1 N–H and O–H groups in total. The molecule has 140 valence electrons. The van der Waals surface area contributed by atoms with E-state index in [9.17, 15) is 9.46 Å². The van der Waals surface area contributed by atoms with E-state index in [1.165, 1.54) is 32.1 Å². The van der Waals surface area contributed by atoms with Crippen molar-refractivity contribution in [2.75, 3.05) is 0 Å². The summed E-state index contributed by atoms with van der Waals surface area (Å²) in [6.07, 6.45) is 7.98. The summed E-state index contributed by atoms with van der Waals surface area (Å²) in [4.78, 5) is 9.53. The van der Waals surface area contributed by atoms with Crippen LogP contribution < -0.4 is 9.05 Å². The molecule has 2 aromatic carbocycles. The minimum absolute atomic E-state index is 0. The molecule has 0 saturated carbocycles. The summed E-state index contributed by atoms with van der Waals surface area (Å²) in [7, 11) is -4.14. The second-order valence-corrected chi connectivity index (χ2v) is 6.85. The van der Waals surface area contributed by atoms with Gasteiger partial charge in [-0.1, -0.05) is 75.4 Å². The predicted octanol–water partition coefficient (Wildman–Crippen LogP) is 6.42. The summed E-state index contributed by atoms with van der Waals surface area (Å²) in [6.45, 7) is 6.02. The number of unbranched alkanes of at least 4 members (excludes halogenated alkanes) is 5. The molecule has 0 aliphatic heterocycles. The van der Waals surface area contributed by atoms with Gasteiger partial charge >= 0.3 is 7.82 Å². The molecular formula is C20H28O4PZn-. The minimum Gasteiger partial charge on any atom is -0.395 e. The molecule has 6 heteroatoms. The SMILES string of the molecule is O=P(O)(Oc1ccccc1)Oc1ccccc1.[CH2-]CCCCCCC.[Zn]. The largest absolute Gasteiger partial charge is 0.584 e. The second kappa shape index (κ2) is 15.0. The Labute approximate surface area is 170 Å². The molecule has 0 bridgehead atoms. The van der Waals surface area contributed by atoms with Crippen LogP contribution in [0.5, 0.6) is 11.5 Å². The maximum absolute atomic E-state index is 11.7. The standard InChI is InChI=1S/C12H11O4P.C8H17.Zn/c13-17(14,15-11-7-3-1-4-8-11)16-12-9-5-2-6-10-12;1-3-5-7-8-6-4-2;/h1-10H,(H,13,14);1,3-8H2,2H3;/q;-1;. The summed E-state index contributed by atoms with van der Waals surface area (Å²) in [5.41, 5.74) is 0. The Morgan fingerprint density at radius 2 is 1.27 bits per heavy atom. The van der Waals surface area contributed by atoms with Gasteiger partial charge in [0, 0.05) is 19.5 Å². The fraction of sp³-hybridized carbons (Fsp3) is 0.350. The maximum Gasteiger partial charge on any atom is 0.584 e. The van der Waals surface area contributed by atoms with E-state index in [2.05, 4.69) is 13.8 Å². The normalized spacial score (nSPS) is 10.1. The Morgan fingerprint density at radius 1 is 0.846 bits per heavy atom. The molecular weight excluding hydrogens is 401 g/mol. The van der Waals surface area contributed by atoms with Crippen LogP contribution in [0.4, 0.5) is 0 Å². The number of hydrogen-bond donors (Lipinski definition) is 1. The van der Waals surface area contributed by atoms with E-state index in [1.54, 1.807) is 60.7 Å². The quantitative estimate of drug-likeness (QED) is 0.216. The Morgan fingerprint density at radius 3 is 1.65 bits per heavy atom. The minimum atomic E-state index is -4.14. The van der Waals surface area contributed by atoms with Crippen molar-refractivity contribution in [1.82, 2.24) is 0 Å². The van der Waals surface area contributed by atoms with Crippen molar-refractivity contribution >= 4 is 7.82 Å². The maximum atomic E-state index is 11.7. The molecule has 0 radical (unpaired) electrons. The van der Waals surface area contributed by atoms with E-state index in [-0.39, 0.29) is 31.0 Å². The number of hydrogen-bond acceptors (Lipinski definition) is 3. The summed E-state index contributed by atoms with van der Waals surface area (Å²) >= 11 is 0. The van der Waals surface area contributed by atoms with Crippen LogP contribution in [-0.4, -0.2) is 4.89 Å². The average molecular weight is 429 g/mol. The van der Waals surface area contributed by atoms with E-state index in [1.807, 2.05) is 0 Å². The van der Waals surface area contributed by atoms with Gasteiger partial charge in [-0.05, 0) is 24.3 Å². The predicted molar refractivity (Wildman–Crippen MR) is 103 cm³/mol. The molecule has 2 aromatic rings. The Bertz CT molecular complexity index is 556. The summed E-state index contributed by atoms with van der Waals surface area (Å²) in [5.74, 6) is 0.573. The van der Waals surface area contributed by atoms with Gasteiger partial charge in [-0.3, -0.25) is 4.89 Å². The zero-order chi connectivity index (χ0) is 18.4. The van der Waals surface area contributed by atoms with Crippen molar-refractivity contribution in [3.8, 4) is 11.5 Å². The first-order chi connectivity index (χ1) is 12.1. The second-order valence-electron chi connectivity index (χ2n) is 5.55. The van der Waals surface area contributed by atoms with E-state index >= 15 is 0 Å². The third-order valence-electron chi connectivity index (χ3n) is 3.28. The molecule has 0 heterocycles. The van der Waals surface area contributed by atoms with Gasteiger partial charge in [-0.2, -0.15) is 6.42 Å². The first-order valence-corrected chi connectivity index (χ1v) is 10.2. The van der Waals surface area contributed by atoms with Gasteiger partial charge in [0.25, 0.3) is 0 Å². The number of benzene rings is 2. The Kier molecular flexibility index (Phi) is 14.3. The van der Waals surface area contributed by atoms with Crippen LogP contribution in [-0.2, 0) is 24.0 Å². The monoisotopic (exact) mass is 427 g/mol. The molecule has 0 amide bonds. The van der Waals surface area contributed by atoms with Gasteiger partial charge in [-0.15, -0.1) is 0 Å². The summed E-state index contributed by atoms with van der Waals surface area (Å²) in [5, 5.41) is 0. The average Bonchev–Trinajstić information content (AvgIpc) is 2.60. The van der Waals surface area contributed by atoms with Crippen molar-refractivity contribution in [2.45, 2.75) is 45.4 Å². The van der Waals surface area contributed by atoms with Gasteiger partial charge < -0.3 is 16.0 Å². The van der Waals surface area contributed by atoms with Gasteiger partial charge in [-0.25, -0.2) is 4.57 Å². The van der Waals surface area contributed by atoms with Gasteiger partial charge in [0.2, 0.25) is 0 Å². The molecule has 0 atom stereocenters. The molecule has 0 fully saturated rings.